The number of aromatic nitrogens is 6. The van der Waals surface area contributed by atoms with E-state index in [-0.39, 0.29) is 11.6 Å². The molecular weight excluding hydrogens is 292 g/mol. The van der Waals surface area contributed by atoms with E-state index in [1.54, 1.807) is 9.08 Å². The van der Waals surface area contributed by atoms with E-state index in [1.165, 1.54) is 12.8 Å². The molecule has 1 aliphatic carbocycles. The second-order valence-electron chi connectivity index (χ2n) is 6.67. The highest BCUT2D eigenvalue weighted by molar-refractivity contribution is 5.72. The molecule has 4 rings (SSSR count). The standard InChI is InChI=1S/C16H22N6O/c1-4-11-17-12-14(18-11)22-16(21(9(2)3)15(12)23)19-13(20-22)10-7-5-6-8-10/h9-10H,4-8H2,1-3H3,(H,17,18). The molecule has 0 atom stereocenters. The van der Waals surface area contributed by atoms with Gasteiger partial charge in [-0.05, 0) is 26.7 Å². The molecule has 0 spiro atoms. The van der Waals surface area contributed by atoms with Gasteiger partial charge in [0.15, 0.2) is 17.0 Å². The van der Waals surface area contributed by atoms with E-state index in [0.29, 0.717) is 22.9 Å². The topological polar surface area (TPSA) is 80.9 Å². The lowest BCUT2D eigenvalue weighted by molar-refractivity contribution is 0.586. The molecule has 1 N–H and O–H groups in total. The Kier molecular flexibility index (Phi) is 3.25. The highest BCUT2D eigenvalue weighted by Crippen LogP contribution is 2.32. The maximum Gasteiger partial charge on any atom is 0.281 e. The van der Waals surface area contributed by atoms with E-state index < -0.39 is 0 Å². The number of rotatable bonds is 3. The van der Waals surface area contributed by atoms with Crippen LogP contribution in [0, 0.1) is 0 Å². The molecule has 3 heterocycles. The first kappa shape index (κ1) is 14.4. The quantitative estimate of drug-likeness (QED) is 0.805. The van der Waals surface area contributed by atoms with Gasteiger partial charge in [0.2, 0.25) is 5.78 Å². The van der Waals surface area contributed by atoms with Crippen molar-refractivity contribution in [2.24, 2.45) is 0 Å². The lowest BCUT2D eigenvalue weighted by Gasteiger charge is -2.10. The fraction of sp³-hybridized carbons (Fsp3) is 0.625. The first-order valence-corrected chi connectivity index (χ1v) is 8.50. The maximum atomic E-state index is 12.9. The van der Waals surface area contributed by atoms with Crippen molar-refractivity contribution in [3.8, 4) is 0 Å². The molecule has 1 aliphatic rings. The molecule has 1 saturated carbocycles. The van der Waals surface area contributed by atoms with Crippen molar-refractivity contribution in [3.63, 3.8) is 0 Å². The Hall–Kier alpha value is -2.18. The van der Waals surface area contributed by atoms with Gasteiger partial charge < -0.3 is 4.98 Å². The molecule has 122 valence electrons. The average Bonchev–Trinajstić information content (AvgIpc) is 3.24. The predicted octanol–water partition coefficient (Wildman–Crippen LogP) is 2.57. The number of hydrogen-bond donors (Lipinski definition) is 1. The summed E-state index contributed by atoms with van der Waals surface area (Å²) in [5.74, 6) is 2.67. The number of aromatic amines is 1. The zero-order chi connectivity index (χ0) is 16.1. The van der Waals surface area contributed by atoms with Crippen molar-refractivity contribution in [1.82, 2.24) is 29.1 Å². The molecule has 0 aromatic carbocycles. The van der Waals surface area contributed by atoms with E-state index in [4.69, 9.17) is 10.1 Å². The fourth-order valence-electron chi connectivity index (χ4n) is 3.53. The van der Waals surface area contributed by atoms with Crippen molar-refractivity contribution in [1.29, 1.82) is 0 Å². The summed E-state index contributed by atoms with van der Waals surface area (Å²) in [5.41, 5.74) is 1.04. The van der Waals surface area contributed by atoms with E-state index in [0.717, 1.165) is 30.9 Å². The van der Waals surface area contributed by atoms with Gasteiger partial charge in [-0.1, -0.05) is 19.8 Å². The Bertz CT molecular complexity index is 925. The van der Waals surface area contributed by atoms with Gasteiger partial charge in [0.25, 0.3) is 5.56 Å². The summed E-state index contributed by atoms with van der Waals surface area (Å²) < 4.78 is 3.46. The molecule has 0 amide bonds. The second kappa shape index (κ2) is 5.18. The summed E-state index contributed by atoms with van der Waals surface area (Å²) in [5, 5.41) is 4.72. The Morgan fingerprint density at radius 2 is 2.00 bits per heavy atom. The Morgan fingerprint density at radius 3 is 2.65 bits per heavy atom. The summed E-state index contributed by atoms with van der Waals surface area (Å²) in [6.07, 6.45) is 5.48. The Balaban J connectivity index is 2.07. The van der Waals surface area contributed by atoms with Gasteiger partial charge in [0, 0.05) is 18.4 Å². The summed E-state index contributed by atoms with van der Waals surface area (Å²) in [6, 6.07) is 0.0170. The van der Waals surface area contributed by atoms with Crippen molar-refractivity contribution in [2.75, 3.05) is 0 Å². The summed E-state index contributed by atoms with van der Waals surface area (Å²) in [6.45, 7) is 6.00. The van der Waals surface area contributed by atoms with Crippen LogP contribution in [0.1, 0.15) is 70.1 Å². The molecule has 0 saturated heterocycles. The van der Waals surface area contributed by atoms with Gasteiger partial charge in [-0.25, -0.2) is 4.98 Å². The number of aryl methyl sites for hydroxylation is 1. The normalized spacial score (nSPS) is 16.3. The number of nitrogens with one attached hydrogen (secondary N) is 1. The van der Waals surface area contributed by atoms with Crippen LogP contribution in [0.4, 0.5) is 0 Å². The van der Waals surface area contributed by atoms with E-state index in [9.17, 15) is 4.79 Å². The Labute approximate surface area is 133 Å². The lowest BCUT2D eigenvalue weighted by Crippen LogP contribution is -2.25. The number of nitrogens with zero attached hydrogens (tertiary/aromatic N) is 5. The molecule has 0 unspecified atom stereocenters. The van der Waals surface area contributed by atoms with E-state index in [2.05, 4.69) is 9.97 Å². The smallest absolute Gasteiger partial charge is 0.281 e. The first-order valence-electron chi connectivity index (χ1n) is 8.50. The summed E-state index contributed by atoms with van der Waals surface area (Å²) in [4.78, 5) is 25.3. The number of hydrogen-bond acceptors (Lipinski definition) is 4. The lowest BCUT2D eigenvalue weighted by atomic mass is 10.1. The van der Waals surface area contributed by atoms with Crippen LogP contribution in [0.15, 0.2) is 4.79 Å². The minimum Gasteiger partial charge on any atom is -0.336 e. The predicted molar refractivity (Wildman–Crippen MR) is 87.9 cm³/mol. The molecule has 7 nitrogen and oxygen atoms in total. The zero-order valence-corrected chi connectivity index (χ0v) is 13.8. The minimum absolute atomic E-state index is 0.0170. The monoisotopic (exact) mass is 314 g/mol. The molecule has 0 aliphatic heterocycles. The molecule has 23 heavy (non-hydrogen) atoms. The van der Waals surface area contributed by atoms with Crippen LogP contribution in [-0.4, -0.2) is 29.1 Å². The second-order valence-corrected chi connectivity index (χ2v) is 6.67. The SMILES string of the molecule is CCc1nc2c([nH]1)c(=O)n(C(C)C)c1nc(C3CCCC3)nn21. The third kappa shape index (κ3) is 2.09. The Morgan fingerprint density at radius 1 is 1.26 bits per heavy atom. The minimum atomic E-state index is -0.0694. The van der Waals surface area contributed by atoms with Crippen LogP contribution in [0.2, 0.25) is 0 Å². The molecule has 7 heteroatoms. The van der Waals surface area contributed by atoms with Gasteiger partial charge in [0.1, 0.15) is 5.82 Å². The van der Waals surface area contributed by atoms with E-state index in [1.807, 2.05) is 20.8 Å². The molecule has 3 aromatic rings. The van der Waals surface area contributed by atoms with Gasteiger partial charge in [-0.2, -0.15) is 9.50 Å². The largest absolute Gasteiger partial charge is 0.336 e. The number of imidazole rings is 1. The number of H-pyrrole nitrogens is 1. The molecule has 1 fully saturated rings. The van der Waals surface area contributed by atoms with Gasteiger partial charge in [0.05, 0.1) is 0 Å². The molecule has 0 radical (unpaired) electrons. The van der Waals surface area contributed by atoms with Crippen LogP contribution in [0.5, 0.6) is 0 Å². The van der Waals surface area contributed by atoms with Crippen molar-refractivity contribution < 1.29 is 0 Å². The molecule has 3 aromatic heterocycles. The highest BCUT2D eigenvalue weighted by Gasteiger charge is 2.25. The van der Waals surface area contributed by atoms with Crippen molar-refractivity contribution in [2.45, 2.75) is 64.8 Å². The third-order valence-electron chi connectivity index (χ3n) is 4.76. The van der Waals surface area contributed by atoms with Gasteiger partial charge >= 0.3 is 0 Å². The zero-order valence-electron chi connectivity index (χ0n) is 13.8. The molecular formula is C16H22N6O. The average molecular weight is 314 g/mol. The van der Waals surface area contributed by atoms with Crippen LogP contribution in [-0.2, 0) is 6.42 Å². The van der Waals surface area contributed by atoms with Gasteiger partial charge in [-0.15, -0.1) is 5.10 Å². The van der Waals surface area contributed by atoms with E-state index >= 15 is 0 Å². The van der Waals surface area contributed by atoms with Crippen LogP contribution in [0.25, 0.3) is 16.9 Å². The summed E-state index contributed by atoms with van der Waals surface area (Å²) in [7, 11) is 0. The highest BCUT2D eigenvalue weighted by atomic mass is 16.1. The molecule has 0 bridgehead atoms. The van der Waals surface area contributed by atoms with Crippen molar-refractivity contribution in [3.05, 3.63) is 22.0 Å². The number of fused-ring (bicyclic) bond motifs is 3. The van der Waals surface area contributed by atoms with Crippen LogP contribution in [0.3, 0.4) is 0 Å². The maximum absolute atomic E-state index is 12.9. The van der Waals surface area contributed by atoms with Crippen molar-refractivity contribution >= 4 is 16.9 Å². The first-order chi connectivity index (χ1) is 11.1. The van der Waals surface area contributed by atoms with Gasteiger partial charge in [-0.3, -0.25) is 9.36 Å². The van der Waals surface area contributed by atoms with Crippen LogP contribution >= 0.6 is 0 Å². The summed E-state index contributed by atoms with van der Waals surface area (Å²) >= 11 is 0. The third-order valence-corrected chi connectivity index (χ3v) is 4.76. The fourth-order valence-corrected chi connectivity index (χ4v) is 3.53. The van der Waals surface area contributed by atoms with Crippen LogP contribution < -0.4 is 5.56 Å².